The molecule has 1 aromatic carbocycles. The van der Waals surface area contributed by atoms with Gasteiger partial charge in [0, 0.05) is 36.7 Å². The van der Waals surface area contributed by atoms with Gasteiger partial charge in [0.1, 0.15) is 23.7 Å². The molecule has 0 unspecified atom stereocenters. The highest BCUT2D eigenvalue weighted by Gasteiger charge is 2.22. The minimum atomic E-state index is -0.423. The van der Waals surface area contributed by atoms with Crippen LogP contribution in [0.5, 0.6) is 5.75 Å². The zero-order valence-corrected chi connectivity index (χ0v) is 21.1. The minimum Gasteiger partial charge on any atom is -0.494 e. The van der Waals surface area contributed by atoms with Crippen LogP contribution in [-0.4, -0.2) is 46.1 Å². The van der Waals surface area contributed by atoms with Crippen molar-refractivity contribution in [1.29, 1.82) is 0 Å². The van der Waals surface area contributed by atoms with E-state index in [0.29, 0.717) is 37.7 Å². The number of nitrogens with one attached hydrogen (secondary N) is 1. The second kappa shape index (κ2) is 11.9. The van der Waals surface area contributed by atoms with Gasteiger partial charge in [-0.1, -0.05) is 24.8 Å². The highest BCUT2D eigenvalue weighted by atomic mass is 32.2. The van der Waals surface area contributed by atoms with Crippen LogP contribution in [-0.2, 0) is 17.9 Å². The Morgan fingerprint density at radius 2 is 1.94 bits per heavy atom. The van der Waals surface area contributed by atoms with Gasteiger partial charge in [0.05, 0.1) is 17.6 Å². The summed E-state index contributed by atoms with van der Waals surface area (Å²) in [4.78, 5) is 9.38. The summed E-state index contributed by atoms with van der Waals surface area (Å²) in [5, 5.41) is 0.979. The molecule has 8 nitrogen and oxygen atoms in total. The van der Waals surface area contributed by atoms with E-state index >= 15 is 0 Å². The molecular weight excluding hydrogens is 436 g/mol. The maximum Gasteiger partial charge on any atom is 0.152 e. The Kier molecular flexibility index (Phi) is 9.19. The van der Waals surface area contributed by atoms with Crippen molar-refractivity contribution in [2.75, 3.05) is 31.7 Å². The van der Waals surface area contributed by atoms with Gasteiger partial charge in [-0.3, -0.25) is 4.72 Å². The number of aromatic nitrogens is 3. The van der Waals surface area contributed by atoms with Crippen molar-refractivity contribution in [2.45, 2.75) is 65.1 Å². The number of hydrogen-bond acceptors (Lipinski definition) is 8. The fourth-order valence-corrected chi connectivity index (χ4v) is 4.20. The van der Waals surface area contributed by atoms with Gasteiger partial charge in [-0.15, -0.1) is 0 Å². The van der Waals surface area contributed by atoms with Crippen LogP contribution in [0.4, 0.5) is 5.82 Å². The Balaban J connectivity index is 1.81. The van der Waals surface area contributed by atoms with Crippen LogP contribution < -0.4 is 20.9 Å². The van der Waals surface area contributed by atoms with Crippen molar-refractivity contribution in [1.82, 2.24) is 19.3 Å². The van der Waals surface area contributed by atoms with Gasteiger partial charge in [-0.2, -0.15) is 0 Å². The topological polar surface area (TPSA) is 113 Å². The summed E-state index contributed by atoms with van der Waals surface area (Å²) in [5.74, 6) is 2.01. The molecule has 182 valence electrons. The number of unbranched alkanes of at least 4 members (excludes halogenated alkanes) is 3. The Hall–Kier alpha value is -2.07. The summed E-state index contributed by atoms with van der Waals surface area (Å²) in [7, 11) is 0. The fourth-order valence-electron chi connectivity index (χ4n) is 3.85. The molecule has 2 heterocycles. The number of ether oxygens (including phenoxy) is 2. The molecule has 0 aliphatic carbocycles. The van der Waals surface area contributed by atoms with E-state index in [0.717, 1.165) is 47.4 Å². The molecule has 0 spiro atoms. The molecule has 0 bridgehead atoms. The Bertz CT molecular complexity index is 1050. The van der Waals surface area contributed by atoms with E-state index in [4.69, 9.17) is 25.9 Å². The lowest BCUT2D eigenvalue weighted by Gasteiger charge is -2.22. The number of imidazole rings is 1. The summed E-state index contributed by atoms with van der Waals surface area (Å²) in [6.07, 6.45) is 6.64. The molecule has 3 rings (SSSR count). The lowest BCUT2D eigenvalue weighted by atomic mass is 10.1. The Morgan fingerprint density at radius 3 is 2.67 bits per heavy atom. The van der Waals surface area contributed by atoms with Gasteiger partial charge < -0.3 is 25.5 Å². The third-order valence-electron chi connectivity index (χ3n) is 5.34. The number of pyridine rings is 1. The second-order valence-electron chi connectivity index (χ2n) is 8.97. The zero-order valence-electron chi connectivity index (χ0n) is 20.3. The number of rotatable bonds is 14. The predicted octanol–water partition coefficient (Wildman–Crippen LogP) is 4.25. The van der Waals surface area contributed by atoms with E-state index in [1.54, 1.807) is 11.9 Å². The third kappa shape index (κ3) is 6.96. The standard InChI is InChI=1S/C24H38N6O2S/c1-5-31-15-20-29-21-22(30(20)16-24(2,3)26)18-11-10-17(14-19(18)28-23(21)25)32-13-9-7-6-8-12-27-33-4/h10-11,14,27H,5-9,12-13,15-16,26H2,1-4H3,(H2,25,28). The lowest BCUT2D eigenvalue weighted by molar-refractivity contribution is 0.125. The first-order valence-corrected chi connectivity index (χ1v) is 12.9. The molecule has 3 aromatic rings. The number of hydrogen-bond donors (Lipinski definition) is 3. The molecule has 0 atom stereocenters. The van der Waals surface area contributed by atoms with E-state index in [1.807, 2.05) is 39.0 Å². The van der Waals surface area contributed by atoms with E-state index < -0.39 is 5.54 Å². The smallest absolute Gasteiger partial charge is 0.152 e. The van der Waals surface area contributed by atoms with Gasteiger partial charge >= 0.3 is 0 Å². The predicted molar refractivity (Wildman–Crippen MR) is 139 cm³/mol. The Morgan fingerprint density at radius 1 is 1.15 bits per heavy atom. The van der Waals surface area contributed by atoms with Crippen LogP contribution in [0.15, 0.2) is 18.2 Å². The molecule has 0 aliphatic rings. The fraction of sp³-hybridized carbons (Fsp3) is 0.583. The number of anilines is 1. The molecule has 0 amide bonds. The monoisotopic (exact) mass is 474 g/mol. The molecule has 0 saturated heterocycles. The van der Waals surface area contributed by atoms with E-state index in [-0.39, 0.29) is 0 Å². The average molecular weight is 475 g/mol. The molecular formula is C24H38N6O2S. The number of nitrogens with two attached hydrogens (primary N) is 2. The van der Waals surface area contributed by atoms with Crippen LogP contribution >= 0.6 is 11.9 Å². The maximum absolute atomic E-state index is 6.37. The molecule has 5 N–H and O–H groups in total. The van der Waals surface area contributed by atoms with Crippen molar-refractivity contribution in [3.63, 3.8) is 0 Å². The van der Waals surface area contributed by atoms with Crippen LogP contribution in [0.3, 0.4) is 0 Å². The average Bonchev–Trinajstić information content (AvgIpc) is 3.11. The lowest BCUT2D eigenvalue weighted by Crippen LogP contribution is -2.37. The number of fused-ring (bicyclic) bond motifs is 3. The molecule has 0 aliphatic heterocycles. The molecule has 33 heavy (non-hydrogen) atoms. The van der Waals surface area contributed by atoms with E-state index in [2.05, 4.69) is 20.5 Å². The minimum absolute atomic E-state index is 0.400. The summed E-state index contributed by atoms with van der Waals surface area (Å²) >= 11 is 1.67. The van der Waals surface area contributed by atoms with E-state index in [1.165, 1.54) is 12.8 Å². The number of nitrogens with zero attached hydrogens (tertiary/aromatic N) is 3. The highest BCUT2D eigenvalue weighted by Crippen LogP contribution is 2.32. The summed E-state index contributed by atoms with van der Waals surface area (Å²) in [5.41, 5.74) is 14.7. The maximum atomic E-state index is 6.37. The number of nitrogen functional groups attached to an aromatic ring is 1. The van der Waals surface area contributed by atoms with Crippen LogP contribution in [0, 0.1) is 0 Å². The van der Waals surface area contributed by atoms with Crippen molar-refractivity contribution >= 4 is 39.7 Å². The van der Waals surface area contributed by atoms with E-state index in [9.17, 15) is 0 Å². The van der Waals surface area contributed by atoms with Crippen molar-refractivity contribution in [3.05, 3.63) is 24.0 Å². The number of benzene rings is 1. The van der Waals surface area contributed by atoms with Gasteiger partial charge in [0.25, 0.3) is 0 Å². The molecule has 2 aromatic heterocycles. The Labute approximate surface area is 200 Å². The van der Waals surface area contributed by atoms with Gasteiger partial charge in [-0.25, -0.2) is 9.97 Å². The van der Waals surface area contributed by atoms with Gasteiger partial charge in [-0.05, 0) is 52.0 Å². The molecule has 0 fully saturated rings. The van der Waals surface area contributed by atoms with Crippen LogP contribution in [0.2, 0.25) is 0 Å². The first-order chi connectivity index (χ1) is 15.8. The zero-order chi connectivity index (χ0) is 23.8. The second-order valence-corrected chi connectivity index (χ2v) is 9.67. The largest absolute Gasteiger partial charge is 0.494 e. The molecule has 0 radical (unpaired) electrons. The summed E-state index contributed by atoms with van der Waals surface area (Å²) < 4.78 is 17.1. The van der Waals surface area contributed by atoms with Crippen molar-refractivity contribution in [2.24, 2.45) is 5.73 Å². The summed E-state index contributed by atoms with van der Waals surface area (Å²) in [6, 6.07) is 6.00. The van der Waals surface area contributed by atoms with Crippen LogP contribution in [0.25, 0.3) is 21.9 Å². The SMILES string of the molecule is CCOCc1nc2c(N)nc3cc(OCCCCCCNSC)ccc3c2n1CC(C)(C)N. The van der Waals surface area contributed by atoms with Gasteiger partial charge in [0.15, 0.2) is 5.82 Å². The first kappa shape index (κ1) is 25.6. The molecule has 9 heteroatoms. The van der Waals surface area contributed by atoms with Crippen molar-refractivity contribution in [3.8, 4) is 5.75 Å². The first-order valence-electron chi connectivity index (χ1n) is 11.7. The normalized spacial score (nSPS) is 12.2. The quantitative estimate of drug-likeness (QED) is 0.235. The van der Waals surface area contributed by atoms with Crippen LogP contribution in [0.1, 0.15) is 52.3 Å². The van der Waals surface area contributed by atoms with Gasteiger partial charge in [0.2, 0.25) is 0 Å². The summed E-state index contributed by atoms with van der Waals surface area (Å²) in [6.45, 7) is 9.32. The highest BCUT2D eigenvalue weighted by molar-refractivity contribution is 7.96. The van der Waals surface area contributed by atoms with Crippen molar-refractivity contribution < 1.29 is 9.47 Å². The molecule has 0 saturated carbocycles. The third-order valence-corrected chi connectivity index (χ3v) is 5.83.